The highest BCUT2D eigenvalue weighted by Gasteiger charge is 2.29. The minimum atomic E-state index is -0.591. The Kier molecular flexibility index (Phi) is 5.20. The maximum Gasteiger partial charge on any atom is 0.163 e. The van der Waals surface area contributed by atoms with Crippen molar-refractivity contribution in [2.75, 3.05) is 0 Å². The van der Waals surface area contributed by atoms with Crippen LogP contribution in [0.3, 0.4) is 0 Å². The summed E-state index contributed by atoms with van der Waals surface area (Å²) >= 11 is 0. The van der Waals surface area contributed by atoms with Crippen LogP contribution in [-0.2, 0) is 0 Å². The van der Waals surface area contributed by atoms with Crippen molar-refractivity contribution in [2.45, 2.75) is 44.6 Å². The molecule has 0 heterocycles. The van der Waals surface area contributed by atoms with E-state index in [9.17, 15) is 14.3 Å². The van der Waals surface area contributed by atoms with E-state index in [0.29, 0.717) is 29.0 Å². The van der Waals surface area contributed by atoms with E-state index in [2.05, 4.69) is 0 Å². The van der Waals surface area contributed by atoms with Gasteiger partial charge in [-0.1, -0.05) is 30.3 Å². The summed E-state index contributed by atoms with van der Waals surface area (Å²) in [7, 11) is 0. The third kappa shape index (κ3) is 4.17. The van der Waals surface area contributed by atoms with Gasteiger partial charge in [0.25, 0.3) is 0 Å². The summed E-state index contributed by atoms with van der Waals surface area (Å²) in [4.78, 5) is 12.5. The van der Waals surface area contributed by atoms with Crippen LogP contribution in [0.1, 0.15) is 54.9 Å². The number of nitriles is 1. The zero-order chi connectivity index (χ0) is 18.7. The van der Waals surface area contributed by atoms with E-state index in [1.54, 1.807) is 36.4 Å². The lowest BCUT2D eigenvalue weighted by molar-refractivity contribution is 0.00721. The molecule has 0 unspecified atom stereocenters. The van der Waals surface area contributed by atoms with E-state index in [0.717, 1.165) is 25.7 Å². The molecule has 0 aliphatic heterocycles. The van der Waals surface area contributed by atoms with Gasteiger partial charge in [0.2, 0.25) is 0 Å². The third-order valence-corrected chi connectivity index (χ3v) is 5.27. The second-order valence-electron chi connectivity index (χ2n) is 7.45. The predicted molar refractivity (Wildman–Crippen MR) is 98.1 cm³/mol. The zero-order valence-electron chi connectivity index (χ0n) is 14.8. The molecule has 4 heteroatoms. The van der Waals surface area contributed by atoms with Crippen LogP contribution in [0.25, 0.3) is 11.1 Å². The normalized spacial score (nSPS) is 22.6. The topological polar surface area (TPSA) is 61.1 Å². The van der Waals surface area contributed by atoms with Crippen molar-refractivity contribution in [3.8, 4) is 17.2 Å². The van der Waals surface area contributed by atoms with Crippen molar-refractivity contribution in [1.29, 1.82) is 5.26 Å². The highest BCUT2D eigenvalue weighted by molar-refractivity contribution is 5.96. The second-order valence-corrected chi connectivity index (χ2v) is 7.45. The number of Topliss-reactive ketones (excluding diaryl/α,β-unsaturated/α-hetero) is 1. The van der Waals surface area contributed by atoms with Crippen molar-refractivity contribution < 1.29 is 14.3 Å². The van der Waals surface area contributed by atoms with Gasteiger partial charge in [-0.25, -0.2) is 4.39 Å². The second kappa shape index (κ2) is 7.39. The van der Waals surface area contributed by atoms with Gasteiger partial charge < -0.3 is 5.11 Å². The lowest BCUT2D eigenvalue weighted by Gasteiger charge is -2.32. The first-order chi connectivity index (χ1) is 12.4. The van der Waals surface area contributed by atoms with Crippen LogP contribution in [0.15, 0.2) is 42.5 Å². The van der Waals surface area contributed by atoms with Crippen LogP contribution in [0.2, 0.25) is 0 Å². The lowest BCUT2D eigenvalue weighted by Crippen LogP contribution is -2.31. The van der Waals surface area contributed by atoms with Crippen molar-refractivity contribution >= 4 is 5.78 Å². The minimum Gasteiger partial charge on any atom is -0.390 e. The molecule has 2 aromatic carbocycles. The molecule has 0 radical (unpaired) electrons. The van der Waals surface area contributed by atoms with Gasteiger partial charge in [-0.15, -0.1) is 0 Å². The molecule has 1 fully saturated rings. The van der Waals surface area contributed by atoms with Crippen molar-refractivity contribution in [1.82, 2.24) is 0 Å². The van der Waals surface area contributed by atoms with Gasteiger partial charge in [-0.3, -0.25) is 4.79 Å². The fourth-order valence-electron chi connectivity index (χ4n) is 3.54. The van der Waals surface area contributed by atoms with E-state index in [-0.39, 0.29) is 11.3 Å². The van der Waals surface area contributed by atoms with Gasteiger partial charge >= 0.3 is 0 Å². The van der Waals surface area contributed by atoms with Crippen molar-refractivity contribution in [3.63, 3.8) is 0 Å². The van der Waals surface area contributed by atoms with Gasteiger partial charge in [0.1, 0.15) is 5.82 Å². The van der Waals surface area contributed by atoms with E-state index in [1.165, 1.54) is 6.07 Å². The molecule has 26 heavy (non-hydrogen) atoms. The number of hydrogen-bond donors (Lipinski definition) is 1. The first-order valence-electron chi connectivity index (χ1n) is 8.94. The number of carbonyl (C=O) groups is 1. The molecule has 0 bridgehead atoms. The molecule has 3 nitrogen and oxygen atoms in total. The van der Waals surface area contributed by atoms with E-state index in [1.807, 2.05) is 13.0 Å². The highest BCUT2D eigenvalue weighted by atomic mass is 19.1. The molecule has 0 spiro atoms. The number of benzene rings is 2. The SMILES string of the molecule is CC1(O)CCC(CC(=O)c2ccc(-c3ccc(C#N)cc3F)cc2)CC1. The zero-order valence-corrected chi connectivity index (χ0v) is 14.8. The molecule has 2 aromatic rings. The monoisotopic (exact) mass is 351 g/mol. The van der Waals surface area contributed by atoms with Gasteiger partial charge in [0.15, 0.2) is 5.78 Å². The number of halogens is 1. The van der Waals surface area contributed by atoms with Gasteiger partial charge in [0, 0.05) is 17.5 Å². The Morgan fingerprint density at radius 3 is 2.46 bits per heavy atom. The molecule has 0 amide bonds. The maximum absolute atomic E-state index is 14.1. The molecule has 0 atom stereocenters. The molecular weight excluding hydrogens is 329 g/mol. The lowest BCUT2D eigenvalue weighted by atomic mass is 9.77. The summed E-state index contributed by atoms with van der Waals surface area (Å²) in [6.45, 7) is 1.85. The average molecular weight is 351 g/mol. The number of ketones is 1. The van der Waals surface area contributed by atoms with Crippen LogP contribution in [0, 0.1) is 23.1 Å². The summed E-state index contributed by atoms with van der Waals surface area (Å²) in [5.41, 5.74) is 1.41. The first-order valence-corrected chi connectivity index (χ1v) is 8.94. The fraction of sp³-hybridized carbons (Fsp3) is 0.364. The Hall–Kier alpha value is -2.51. The predicted octanol–water partition coefficient (Wildman–Crippen LogP) is 4.88. The first kappa shape index (κ1) is 18.3. The Bertz CT molecular complexity index is 839. The maximum atomic E-state index is 14.1. The Labute approximate surface area is 153 Å². The Balaban J connectivity index is 1.68. The van der Waals surface area contributed by atoms with Gasteiger partial charge in [-0.05, 0) is 56.2 Å². The van der Waals surface area contributed by atoms with E-state index >= 15 is 0 Å². The molecule has 0 saturated heterocycles. The molecule has 134 valence electrons. The quantitative estimate of drug-likeness (QED) is 0.799. The van der Waals surface area contributed by atoms with Crippen LogP contribution in [0.5, 0.6) is 0 Å². The van der Waals surface area contributed by atoms with E-state index in [4.69, 9.17) is 5.26 Å². The molecule has 0 aromatic heterocycles. The van der Waals surface area contributed by atoms with Crippen molar-refractivity contribution in [2.24, 2.45) is 5.92 Å². The van der Waals surface area contributed by atoms with Crippen LogP contribution in [0.4, 0.5) is 4.39 Å². The molecule has 3 rings (SSSR count). The third-order valence-electron chi connectivity index (χ3n) is 5.27. The standard InChI is InChI=1S/C22H22FNO2/c1-22(26)10-8-15(9-11-22)13-21(25)18-5-3-17(4-6-18)19-7-2-16(14-24)12-20(19)23/h2-7,12,15,26H,8-11,13H2,1H3. The number of rotatable bonds is 4. The van der Waals surface area contributed by atoms with Crippen molar-refractivity contribution in [3.05, 3.63) is 59.4 Å². The smallest absolute Gasteiger partial charge is 0.163 e. The number of carbonyl (C=O) groups excluding carboxylic acids is 1. The summed E-state index contributed by atoms with van der Waals surface area (Å²) in [6.07, 6.45) is 3.70. The average Bonchev–Trinajstić information content (AvgIpc) is 2.63. The summed E-state index contributed by atoms with van der Waals surface area (Å²) < 4.78 is 14.1. The van der Waals surface area contributed by atoms with E-state index < -0.39 is 11.4 Å². The molecule has 1 N–H and O–H groups in total. The Morgan fingerprint density at radius 1 is 1.23 bits per heavy atom. The van der Waals surface area contributed by atoms with Crippen LogP contribution in [-0.4, -0.2) is 16.5 Å². The molecule has 1 aliphatic carbocycles. The summed E-state index contributed by atoms with van der Waals surface area (Å²) in [5.74, 6) is -0.0425. The van der Waals surface area contributed by atoms with Crippen LogP contribution >= 0.6 is 0 Å². The molecular formula is C22H22FNO2. The molecule has 1 saturated carbocycles. The van der Waals surface area contributed by atoms with Gasteiger partial charge in [-0.2, -0.15) is 5.26 Å². The fourth-order valence-corrected chi connectivity index (χ4v) is 3.54. The largest absolute Gasteiger partial charge is 0.390 e. The molecule has 1 aliphatic rings. The summed E-state index contributed by atoms with van der Waals surface area (Å²) in [6, 6.07) is 13.2. The Morgan fingerprint density at radius 2 is 1.88 bits per heavy atom. The minimum absolute atomic E-state index is 0.0865. The number of aliphatic hydroxyl groups is 1. The number of hydrogen-bond acceptors (Lipinski definition) is 3. The highest BCUT2D eigenvalue weighted by Crippen LogP contribution is 2.34. The summed E-state index contributed by atoms with van der Waals surface area (Å²) in [5, 5.41) is 18.8. The van der Waals surface area contributed by atoms with Gasteiger partial charge in [0.05, 0.1) is 17.2 Å². The number of nitrogens with zero attached hydrogens (tertiary/aromatic N) is 1. The van der Waals surface area contributed by atoms with Crippen LogP contribution < -0.4 is 0 Å².